The fourth-order valence-corrected chi connectivity index (χ4v) is 3.97. The Morgan fingerprint density at radius 3 is 2.91 bits per heavy atom. The highest BCUT2D eigenvalue weighted by Crippen LogP contribution is 2.41. The molecule has 112 valence electrons. The van der Waals surface area contributed by atoms with Crippen molar-refractivity contribution in [2.45, 2.75) is 32.2 Å². The third-order valence-electron chi connectivity index (χ3n) is 4.56. The summed E-state index contributed by atoms with van der Waals surface area (Å²) in [6.45, 7) is 6.53. The Bertz CT molecular complexity index is 904. The van der Waals surface area contributed by atoms with E-state index in [2.05, 4.69) is 37.3 Å². The lowest BCUT2D eigenvalue weighted by Crippen LogP contribution is -2.32. The Morgan fingerprint density at radius 2 is 2.09 bits per heavy atom. The summed E-state index contributed by atoms with van der Waals surface area (Å²) in [4.78, 5) is 6.18. The minimum Gasteiger partial charge on any atom is -0.276 e. The maximum absolute atomic E-state index is 13.6. The van der Waals surface area contributed by atoms with Crippen molar-refractivity contribution in [1.82, 2.24) is 9.61 Å². The average molecular weight is 313 g/mol. The number of aromatic nitrogens is 2. The number of rotatable bonds is 1. The molecule has 0 saturated heterocycles. The summed E-state index contributed by atoms with van der Waals surface area (Å²) in [5.41, 5.74) is 3.82. The van der Waals surface area contributed by atoms with Gasteiger partial charge in [-0.25, -0.2) is 4.52 Å². The lowest BCUT2D eigenvalue weighted by atomic mass is 9.80. The molecule has 3 aromatic heterocycles. The Labute approximate surface area is 132 Å². The predicted molar refractivity (Wildman–Crippen MR) is 87.6 cm³/mol. The first kappa shape index (κ1) is 13.6. The van der Waals surface area contributed by atoms with Gasteiger partial charge < -0.3 is 0 Å². The molecule has 0 radical (unpaired) electrons. The molecular weight excluding hydrogens is 297 g/mol. The molecule has 0 fully saturated rings. The van der Waals surface area contributed by atoms with Gasteiger partial charge in [-0.2, -0.15) is 9.49 Å². The molecule has 1 atom stereocenters. The molecule has 22 heavy (non-hydrogen) atoms. The SMILES string of the molecule is CC1c2ccsc2C(c2cnn3c(F)ccc3c2)=NC1(C)C. The Morgan fingerprint density at radius 1 is 1.27 bits per heavy atom. The zero-order chi connectivity index (χ0) is 15.5. The molecule has 3 aromatic rings. The van der Waals surface area contributed by atoms with Gasteiger partial charge in [-0.15, -0.1) is 11.3 Å². The predicted octanol–water partition coefficient (Wildman–Crippen LogP) is 4.27. The third kappa shape index (κ3) is 1.85. The average Bonchev–Trinajstić information content (AvgIpc) is 3.10. The van der Waals surface area contributed by atoms with Crippen molar-refractivity contribution in [3.8, 4) is 0 Å². The summed E-state index contributed by atoms with van der Waals surface area (Å²) in [6.07, 6.45) is 1.70. The normalized spacial score (nSPS) is 20.0. The van der Waals surface area contributed by atoms with Crippen LogP contribution in [0.2, 0.25) is 0 Å². The highest BCUT2D eigenvalue weighted by Gasteiger charge is 2.35. The first-order valence-corrected chi connectivity index (χ1v) is 8.16. The van der Waals surface area contributed by atoms with Crippen LogP contribution in [0.5, 0.6) is 0 Å². The van der Waals surface area contributed by atoms with Gasteiger partial charge in [-0.3, -0.25) is 4.99 Å². The van der Waals surface area contributed by atoms with Crippen molar-refractivity contribution in [1.29, 1.82) is 0 Å². The van der Waals surface area contributed by atoms with Crippen LogP contribution in [0, 0.1) is 5.95 Å². The summed E-state index contributed by atoms with van der Waals surface area (Å²) in [5, 5.41) is 6.32. The van der Waals surface area contributed by atoms with Crippen molar-refractivity contribution in [2.75, 3.05) is 0 Å². The van der Waals surface area contributed by atoms with Gasteiger partial charge >= 0.3 is 0 Å². The molecule has 1 aliphatic heterocycles. The highest BCUT2D eigenvalue weighted by atomic mass is 32.1. The minimum atomic E-state index is -0.349. The maximum atomic E-state index is 13.6. The molecule has 0 aliphatic carbocycles. The molecule has 0 aromatic carbocycles. The molecule has 0 amide bonds. The molecule has 0 saturated carbocycles. The van der Waals surface area contributed by atoms with Crippen molar-refractivity contribution >= 4 is 22.6 Å². The maximum Gasteiger partial charge on any atom is 0.214 e. The van der Waals surface area contributed by atoms with Gasteiger partial charge in [0.25, 0.3) is 0 Å². The first-order valence-electron chi connectivity index (χ1n) is 7.28. The van der Waals surface area contributed by atoms with Crippen LogP contribution in [0.1, 0.15) is 42.7 Å². The van der Waals surface area contributed by atoms with E-state index in [1.807, 2.05) is 6.07 Å². The summed E-state index contributed by atoms with van der Waals surface area (Å²) in [5.74, 6) is 0.0258. The van der Waals surface area contributed by atoms with E-state index in [4.69, 9.17) is 4.99 Å². The summed E-state index contributed by atoms with van der Waals surface area (Å²) < 4.78 is 14.9. The van der Waals surface area contributed by atoms with Gasteiger partial charge in [0.05, 0.1) is 27.8 Å². The molecule has 5 heteroatoms. The summed E-state index contributed by atoms with van der Waals surface area (Å²) >= 11 is 1.70. The molecular formula is C17H16FN3S. The van der Waals surface area contributed by atoms with Gasteiger partial charge in [-0.05, 0) is 49.1 Å². The molecule has 1 unspecified atom stereocenters. The molecule has 0 N–H and O–H groups in total. The van der Waals surface area contributed by atoms with Crippen LogP contribution >= 0.6 is 11.3 Å². The van der Waals surface area contributed by atoms with E-state index in [1.165, 1.54) is 21.0 Å². The first-order chi connectivity index (χ1) is 10.5. The van der Waals surface area contributed by atoms with Crippen molar-refractivity contribution < 1.29 is 4.39 Å². The van der Waals surface area contributed by atoms with Crippen LogP contribution in [0.4, 0.5) is 4.39 Å². The van der Waals surface area contributed by atoms with Crippen molar-refractivity contribution in [3.05, 3.63) is 57.8 Å². The molecule has 4 heterocycles. The number of hydrogen-bond acceptors (Lipinski definition) is 3. The van der Waals surface area contributed by atoms with E-state index >= 15 is 0 Å². The van der Waals surface area contributed by atoms with Gasteiger partial charge in [0, 0.05) is 11.5 Å². The summed E-state index contributed by atoms with van der Waals surface area (Å²) in [7, 11) is 0. The quantitative estimate of drug-likeness (QED) is 0.660. The van der Waals surface area contributed by atoms with Crippen LogP contribution in [0.3, 0.4) is 0 Å². The third-order valence-corrected chi connectivity index (χ3v) is 5.50. The molecule has 0 bridgehead atoms. The fraction of sp³-hybridized carbons (Fsp3) is 0.294. The van der Waals surface area contributed by atoms with Crippen molar-refractivity contribution in [2.24, 2.45) is 4.99 Å². The Kier molecular flexibility index (Phi) is 2.78. The van der Waals surface area contributed by atoms with Gasteiger partial charge in [0.1, 0.15) is 0 Å². The van der Waals surface area contributed by atoms with Crippen LogP contribution in [0.25, 0.3) is 5.52 Å². The van der Waals surface area contributed by atoms with Crippen LogP contribution in [-0.4, -0.2) is 20.9 Å². The second-order valence-electron chi connectivity index (χ2n) is 6.28. The van der Waals surface area contributed by atoms with E-state index in [-0.39, 0.29) is 11.5 Å². The van der Waals surface area contributed by atoms with Gasteiger partial charge in [0.15, 0.2) is 0 Å². The lowest BCUT2D eigenvalue weighted by Gasteiger charge is -2.33. The van der Waals surface area contributed by atoms with E-state index in [1.54, 1.807) is 23.6 Å². The molecule has 3 nitrogen and oxygen atoms in total. The highest BCUT2D eigenvalue weighted by molar-refractivity contribution is 7.12. The molecule has 1 aliphatic rings. The number of thiophene rings is 1. The standard InChI is InChI=1S/C17H16FN3S/c1-10-13-6-7-22-16(13)15(20-17(10,2)3)11-8-12-4-5-14(18)21(12)19-9-11/h4-10H,1-3H3. The van der Waals surface area contributed by atoms with E-state index in [9.17, 15) is 4.39 Å². The number of halogens is 1. The van der Waals surface area contributed by atoms with Gasteiger partial charge in [0.2, 0.25) is 5.95 Å². The van der Waals surface area contributed by atoms with E-state index in [0.29, 0.717) is 5.92 Å². The second kappa shape index (κ2) is 4.49. The minimum absolute atomic E-state index is 0.164. The number of aliphatic imine (C=N–C) groups is 1. The van der Waals surface area contributed by atoms with E-state index in [0.717, 1.165) is 16.8 Å². The smallest absolute Gasteiger partial charge is 0.214 e. The van der Waals surface area contributed by atoms with Crippen LogP contribution < -0.4 is 0 Å². The number of fused-ring (bicyclic) bond motifs is 2. The topological polar surface area (TPSA) is 29.7 Å². The monoisotopic (exact) mass is 313 g/mol. The zero-order valence-corrected chi connectivity index (χ0v) is 13.5. The number of nitrogens with zero attached hydrogens (tertiary/aromatic N) is 3. The Hall–Kier alpha value is -2.01. The zero-order valence-electron chi connectivity index (χ0n) is 12.7. The van der Waals surface area contributed by atoms with Crippen molar-refractivity contribution in [3.63, 3.8) is 0 Å². The van der Waals surface area contributed by atoms with E-state index < -0.39 is 0 Å². The van der Waals surface area contributed by atoms with Crippen LogP contribution in [-0.2, 0) is 0 Å². The molecule has 0 spiro atoms. The van der Waals surface area contributed by atoms with Gasteiger partial charge in [-0.1, -0.05) is 6.92 Å². The lowest BCUT2D eigenvalue weighted by molar-refractivity contribution is 0.433. The largest absolute Gasteiger partial charge is 0.276 e. The van der Waals surface area contributed by atoms with Crippen LogP contribution in [0.15, 0.2) is 40.8 Å². The molecule has 4 rings (SSSR count). The Balaban J connectivity index is 1.93. The fourth-order valence-electron chi connectivity index (χ4n) is 2.96. The second-order valence-corrected chi connectivity index (χ2v) is 7.19. The number of hydrogen-bond donors (Lipinski definition) is 0. The summed E-state index contributed by atoms with van der Waals surface area (Å²) in [6, 6.07) is 7.30.